The van der Waals surface area contributed by atoms with Gasteiger partial charge in [0, 0.05) is 17.1 Å². The van der Waals surface area contributed by atoms with E-state index in [-0.39, 0.29) is 0 Å². The molecule has 0 saturated carbocycles. The minimum absolute atomic E-state index is 0.528. The molecular formula is C12H9N3O. The number of aromatic nitrogens is 2. The molecule has 78 valence electrons. The van der Waals surface area contributed by atoms with Crippen LogP contribution < -0.4 is 5.73 Å². The molecule has 0 aliphatic heterocycles. The lowest BCUT2D eigenvalue weighted by Gasteiger charge is -2.01. The maximum atomic E-state index is 5.62. The van der Waals surface area contributed by atoms with E-state index in [1.54, 1.807) is 12.4 Å². The van der Waals surface area contributed by atoms with Gasteiger partial charge in [0.1, 0.15) is 5.82 Å². The van der Waals surface area contributed by atoms with Gasteiger partial charge < -0.3 is 10.2 Å². The molecule has 0 aliphatic carbocycles. The quantitative estimate of drug-likeness (QED) is 0.671. The van der Waals surface area contributed by atoms with Gasteiger partial charge in [-0.3, -0.25) is 0 Å². The van der Waals surface area contributed by atoms with Gasteiger partial charge in [0.05, 0.1) is 6.20 Å². The average molecular weight is 211 g/mol. The third kappa shape index (κ3) is 1.40. The van der Waals surface area contributed by atoms with Gasteiger partial charge in [-0.05, 0) is 17.5 Å². The number of rotatable bonds is 1. The van der Waals surface area contributed by atoms with Crippen molar-refractivity contribution < 1.29 is 4.42 Å². The first-order chi connectivity index (χ1) is 7.83. The summed E-state index contributed by atoms with van der Waals surface area (Å²) in [5, 5.41) is 2.10. The molecule has 4 heteroatoms. The van der Waals surface area contributed by atoms with E-state index in [1.807, 2.05) is 24.3 Å². The number of oxazole rings is 1. The summed E-state index contributed by atoms with van der Waals surface area (Å²) in [5.41, 5.74) is 6.60. The Bertz CT molecular complexity index is 632. The van der Waals surface area contributed by atoms with E-state index in [2.05, 4.69) is 9.97 Å². The van der Waals surface area contributed by atoms with Gasteiger partial charge in [-0.2, -0.15) is 0 Å². The Hall–Kier alpha value is -2.36. The van der Waals surface area contributed by atoms with Crippen molar-refractivity contribution in [3.05, 3.63) is 43.1 Å². The molecule has 0 aliphatic rings. The highest BCUT2D eigenvalue weighted by molar-refractivity contribution is 5.87. The zero-order valence-corrected chi connectivity index (χ0v) is 8.42. The van der Waals surface area contributed by atoms with Gasteiger partial charge in [0.25, 0.3) is 0 Å². The highest BCUT2D eigenvalue weighted by atomic mass is 16.3. The molecule has 3 aromatic rings. The highest BCUT2D eigenvalue weighted by Crippen LogP contribution is 2.24. The number of fused-ring (bicyclic) bond motifs is 1. The molecule has 0 atom stereocenters. The molecule has 0 saturated heterocycles. The molecule has 16 heavy (non-hydrogen) atoms. The van der Waals surface area contributed by atoms with Gasteiger partial charge in [-0.25, -0.2) is 9.97 Å². The average Bonchev–Trinajstić information content (AvgIpc) is 2.82. The van der Waals surface area contributed by atoms with Crippen molar-refractivity contribution >= 4 is 16.6 Å². The smallest absolute Gasteiger partial charge is 0.181 e. The highest BCUT2D eigenvalue weighted by Gasteiger charge is 2.03. The molecule has 2 aromatic heterocycles. The van der Waals surface area contributed by atoms with E-state index in [9.17, 15) is 0 Å². The van der Waals surface area contributed by atoms with Gasteiger partial charge in [-0.1, -0.05) is 12.1 Å². The SMILES string of the molecule is Nc1cc2ccc(-c3cnco3)cc2cn1. The number of nitrogen functional groups attached to an aromatic ring is 1. The van der Waals surface area contributed by atoms with Crippen LogP contribution >= 0.6 is 0 Å². The van der Waals surface area contributed by atoms with Crippen LogP contribution in [-0.2, 0) is 0 Å². The molecule has 2 heterocycles. The summed E-state index contributed by atoms with van der Waals surface area (Å²) in [5.74, 6) is 1.28. The summed E-state index contributed by atoms with van der Waals surface area (Å²) in [6, 6.07) is 7.81. The van der Waals surface area contributed by atoms with Crippen LogP contribution in [0.1, 0.15) is 0 Å². The fourth-order valence-corrected chi connectivity index (χ4v) is 1.67. The molecule has 0 radical (unpaired) electrons. The molecular weight excluding hydrogens is 202 g/mol. The number of benzene rings is 1. The lowest BCUT2D eigenvalue weighted by atomic mass is 10.1. The maximum Gasteiger partial charge on any atom is 0.181 e. The summed E-state index contributed by atoms with van der Waals surface area (Å²) in [6.07, 6.45) is 4.86. The molecule has 0 spiro atoms. The summed E-state index contributed by atoms with van der Waals surface area (Å²) in [7, 11) is 0. The maximum absolute atomic E-state index is 5.62. The number of pyridine rings is 1. The predicted octanol–water partition coefficient (Wildman–Crippen LogP) is 2.47. The van der Waals surface area contributed by atoms with Crippen molar-refractivity contribution in [1.82, 2.24) is 9.97 Å². The summed E-state index contributed by atoms with van der Waals surface area (Å²) < 4.78 is 5.24. The lowest BCUT2D eigenvalue weighted by Crippen LogP contribution is -1.88. The van der Waals surface area contributed by atoms with Gasteiger partial charge in [0.15, 0.2) is 12.2 Å². The summed E-state index contributed by atoms with van der Waals surface area (Å²) in [4.78, 5) is 7.95. The van der Waals surface area contributed by atoms with Crippen LogP contribution in [0.25, 0.3) is 22.1 Å². The van der Waals surface area contributed by atoms with E-state index >= 15 is 0 Å². The largest absolute Gasteiger partial charge is 0.444 e. The topological polar surface area (TPSA) is 64.9 Å². The molecule has 2 N–H and O–H groups in total. The second-order valence-corrected chi connectivity index (χ2v) is 3.54. The third-order valence-electron chi connectivity index (χ3n) is 2.46. The van der Waals surface area contributed by atoms with E-state index in [4.69, 9.17) is 10.2 Å². The van der Waals surface area contributed by atoms with E-state index in [1.165, 1.54) is 6.39 Å². The predicted molar refractivity (Wildman–Crippen MR) is 61.7 cm³/mol. The van der Waals surface area contributed by atoms with Crippen molar-refractivity contribution in [2.24, 2.45) is 0 Å². The van der Waals surface area contributed by atoms with Gasteiger partial charge in [-0.15, -0.1) is 0 Å². The third-order valence-corrected chi connectivity index (χ3v) is 2.46. The molecule has 4 nitrogen and oxygen atoms in total. The lowest BCUT2D eigenvalue weighted by molar-refractivity contribution is 0.572. The first-order valence-corrected chi connectivity index (χ1v) is 4.87. The van der Waals surface area contributed by atoms with Crippen molar-refractivity contribution in [3.8, 4) is 11.3 Å². The summed E-state index contributed by atoms with van der Waals surface area (Å²) >= 11 is 0. The Balaban J connectivity index is 2.20. The van der Waals surface area contributed by atoms with Gasteiger partial charge in [0.2, 0.25) is 0 Å². The zero-order chi connectivity index (χ0) is 11.0. The second kappa shape index (κ2) is 3.34. The Kier molecular flexibility index (Phi) is 1.86. The van der Waals surface area contributed by atoms with Crippen LogP contribution in [0.3, 0.4) is 0 Å². The molecule has 3 rings (SSSR count). The fourth-order valence-electron chi connectivity index (χ4n) is 1.67. The van der Waals surface area contributed by atoms with Crippen LogP contribution in [0.15, 0.2) is 47.5 Å². The van der Waals surface area contributed by atoms with Crippen LogP contribution in [0.4, 0.5) is 5.82 Å². The van der Waals surface area contributed by atoms with E-state index < -0.39 is 0 Å². The minimum atomic E-state index is 0.528. The van der Waals surface area contributed by atoms with E-state index in [0.29, 0.717) is 5.82 Å². The standard InChI is InChI=1S/C12H9N3O/c13-12-4-8-1-2-9(3-10(8)5-15-12)11-6-14-7-16-11/h1-7H,(H2,13,15). The molecule has 0 unspecified atom stereocenters. The first kappa shape index (κ1) is 8.91. The molecule has 0 amide bonds. The van der Waals surface area contributed by atoms with Crippen LogP contribution in [0.2, 0.25) is 0 Å². The number of hydrogen-bond acceptors (Lipinski definition) is 4. The van der Waals surface area contributed by atoms with E-state index in [0.717, 1.165) is 22.1 Å². The molecule has 0 bridgehead atoms. The number of nitrogens with two attached hydrogens (primary N) is 1. The van der Waals surface area contributed by atoms with Gasteiger partial charge >= 0.3 is 0 Å². The van der Waals surface area contributed by atoms with Crippen LogP contribution in [-0.4, -0.2) is 9.97 Å². The number of hydrogen-bond donors (Lipinski definition) is 1. The van der Waals surface area contributed by atoms with Crippen LogP contribution in [0.5, 0.6) is 0 Å². The first-order valence-electron chi connectivity index (χ1n) is 4.87. The molecule has 1 aromatic carbocycles. The normalized spacial score (nSPS) is 10.8. The Labute approximate surface area is 91.7 Å². The monoisotopic (exact) mass is 211 g/mol. The number of anilines is 1. The Morgan fingerprint density at radius 1 is 1.06 bits per heavy atom. The van der Waals surface area contributed by atoms with Crippen molar-refractivity contribution in [2.45, 2.75) is 0 Å². The number of nitrogens with zero attached hydrogens (tertiary/aromatic N) is 2. The zero-order valence-electron chi connectivity index (χ0n) is 8.42. The Morgan fingerprint density at radius 3 is 2.81 bits per heavy atom. The second-order valence-electron chi connectivity index (χ2n) is 3.54. The fraction of sp³-hybridized carbons (Fsp3) is 0. The summed E-state index contributed by atoms with van der Waals surface area (Å²) in [6.45, 7) is 0. The molecule has 0 fully saturated rings. The van der Waals surface area contributed by atoms with Crippen molar-refractivity contribution in [3.63, 3.8) is 0 Å². The van der Waals surface area contributed by atoms with Crippen molar-refractivity contribution in [1.29, 1.82) is 0 Å². The van der Waals surface area contributed by atoms with Crippen molar-refractivity contribution in [2.75, 3.05) is 5.73 Å². The van der Waals surface area contributed by atoms with Crippen LogP contribution in [0, 0.1) is 0 Å². The minimum Gasteiger partial charge on any atom is -0.444 e. The Morgan fingerprint density at radius 2 is 2.00 bits per heavy atom.